The Hall–Kier alpha value is -2.36. The maximum atomic E-state index is 12.3. The highest BCUT2D eigenvalue weighted by Crippen LogP contribution is 2.20. The van der Waals surface area contributed by atoms with E-state index in [1.54, 1.807) is 18.5 Å². The van der Waals surface area contributed by atoms with Crippen LogP contribution in [0.25, 0.3) is 0 Å². The lowest BCUT2D eigenvalue weighted by Gasteiger charge is -2.11. The van der Waals surface area contributed by atoms with Crippen LogP contribution in [0.1, 0.15) is 21.5 Å². The van der Waals surface area contributed by atoms with Crippen molar-refractivity contribution in [2.45, 2.75) is 13.8 Å². The first-order valence-electron chi connectivity index (χ1n) is 6.12. The molecule has 98 valence electrons. The topological polar surface area (TPSA) is 54.0 Å². The Morgan fingerprint density at radius 2 is 1.95 bits per heavy atom. The van der Waals surface area contributed by atoms with Crippen molar-refractivity contribution < 1.29 is 4.79 Å². The maximum absolute atomic E-state index is 12.3. The molecule has 2 N–H and O–H groups in total. The Morgan fingerprint density at radius 1 is 1.16 bits per heavy atom. The zero-order valence-electron chi connectivity index (χ0n) is 11.3. The molecule has 1 aromatic heterocycles. The first kappa shape index (κ1) is 13.1. The number of anilines is 2. The zero-order valence-corrected chi connectivity index (χ0v) is 11.3. The van der Waals surface area contributed by atoms with Gasteiger partial charge >= 0.3 is 0 Å². The van der Waals surface area contributed by atoms with Crippen LogP contribution in [-0.4, -0.2) is 17.9 Å². The largest absolute Gasteiger partial charge is 0.387 e. The second-order valence-corrected chi connectivity index (χ2v) is 4.44. The average molecular weight is 255 g/mol. The molecule has 0 atom stereocenters. The van der Waals surface area contributed by atoms with Crippen molar-refractivity contribution in [2.24, 2.45) is 0 Å². The molecule has 0 spiro atoms. The second-order valence-electron chi connectivity index (χ2n) is 4.44. The van der Waals surface area contributed by atoms with E-state index < -0.39 is 0 Å². The standard InChI is InChI=1S/C15H17N3O/c1-10-4-5-12(14(8-10)16-3)15(19)18-13-6-7-17-9-11(13)2/h4-9,16H,1-3H3,(H,17,18,19). The van der Waals surface area contributed by atoms with Gasteiger partial charge in [-0.25, -0.2) is 0 Å². The third-order valence-electron chi connectivity index (χ3n) is 2.96. The number of nitrogens with one attached hydrogen (secondary N) is 2. The molecule has 0 bridgehead atoms. The molecule has 4 nitrogen and oxygen atoms in total. The molecule has 2 aromatic rings. The van der Waals surface area contributed by atoms with E-state index >= 15 is 0 Å². The lowest BCUT2D eigenvalue weighted by Crippen LogP contribution is -2.14. The van der Waals surface area contributed by atoms with Gasteiger partial charge in [-0.15, -0.1) is 0 Å². The number of aromatic nitrogens is 1. The van der Waals surface area contributed by atoms with Gasteiger partial charge in [0.05, 0.1) is 5.56 Å². The highest BCUT2D eigenvalue weighted by atomic mass is 16.1. The van der Waals surface area contributed by atoms with Crippen LogP contribution >= 0.6 is 0 Å². The van der Waals surface area contributed by atoms with Crippen LogP contribution in [-0.2, 0) is 0 Å². The minimum Gasteiger partial charge on any atom is -0.387 e. The van der Waals surface area contributed by atoms with Crippen molar-refractivity contribution >= 4 is 17.3 Å². The Kier molecular flexibility index (Phi) is 3.80. The van der Waals surface area contributed by atoms with E-state index in [1.807, 2.05) is 39.1 Å². The molecule has 0 fully saturated rings. The summed E-state index contributed by atoms with van der Waals surface area (Å²) in [7, 11) is 1.81. The van der Waals surface area contributed by atoms with Gasteiger partial charge in [0, 0.05) is 30.8 Å². The number of pyridine rings is 1. The van der Waals surface area contributed by atoms with Crippen LogP contribution in [0.5, 0.6) is 0 Å². The smallest absolute Gasteiger partial charge is 0.257 e. The first-order valence-corrected chi connectivity index (χ1v) is 6.12. The van der Waals surface area contributed by atoms with Gasteiger partial charge in [0.15, 0.2) is 0 Å². The molecule has 0 aliphatic carbocycles. The van der Waals surface area contributed by atoms with E-state index in [4.69, 9.17) is 0 Å². The fourth-order valence-corrected chi connectivity index (χ4v) is 1.87. The molecule has 0 aliphatic rings. The van der Waals surface area contributed by atoms with Crippen LogP contribution in [0, 0.1) is 13.8 Å². The molecule has 0 aliphatic heterocycles. The highest BCUT2D eigenvalue weighted by Gasteiger charge is 2.11. The van der Waals surface area contributed by atoms with Crippen LogP contribution in [0.3, 0.4) is 0 Å². The van der Waals surface area contributed by atoms with Crippen molar-refractivity contribution in [1.29, 1.82) is 0 Å². The van der Waals surface area contributed by atoms with Crippen LogP contribution < -0.4 is 10.6 Å². The number of hydrogen-bond acceptors (Lipinski definition) is 3. The molecule has 4 heteroatoms. The van der Waals surface area contributed by atoms with Gasteiger partial charge in [-0.05, 0) is 43.2 Å². The quantitative estimate of drug-likeness (QED) is 0.886. The SMILES string of the molecule is CNc1cc(C)ccc1C(=O)Nc1ccncc1C. The van der Waals surface area contributed by atoms with Crippen LogP contribution in [0.4, 0.5) is 11.4 Å². The maximum Gasteiger partial charge on any atom is 0.257 e. The van der Waals surface area contributed by atoms with Gasteiger partial charge in [-0.3, -0.25) is 9.78 Å². The molecular formula is C15H17N3O. The van der Waals surface area contributed by atoms with Crippen LogP contribution in [0.2, 0.25) is 0 Å². The summed E-state index contributed by atoms with van der Waals surface area (Å²) in [5, 5.41) is 5.95. The fraction of sp³-hybridized carbons (Fsp3) is 0.200. The summed E-state index contributed by atoms with van der Waals surface area (Å²) >= 11 is 0. The lowest BCUT2D eigenvalue weighted by atomic mass is 10.1. The van der Waals surface area contributed by atoms with E-state index in [0.29, 0.717) is 5.56 Å². The molecule has 2 rings (SSSR count). The summed E-state index contributed by atoms with van der Waals surface area (Å²) in [4.78, 5) is 16.3. The summed E-state index contributed by atoms with van der Waals surface area (Å²) in [5.74, 6) is -0.126. The highest BCUT2D eigenvalue weighted by molar-refractivity contribution is 6.08. The molecule has 0 saturated carbocycles. The van der Waals surface area contributed by atoms with E-state index in [2.05, 4.69) is 15.6 Å². The third kappa shape index (κ3) is 2.91. The number of hydrogen-bond donors (Lipinski definition) is 2. The van der Waals surface area contributed by atoms with E-state index in [1.165, 1.54) is 0 Å². The van der Waals surface area contributed by atoms with Gasteiger partial charge in [0.25, 0.3) is 5.91 Å². The van der Waals surface area contributed by atoms with Crippen molar-refractivity contribution in [3.63, 3.8) is 0 Å². The Bertz CT molecular complexity index is 608. The molecule has 1 amide bonds. The average Bonchev–Trinajstić information content (AvgIpc) is 2.41. The monoisotopic (exact) mass is 255 g/mol. The molecule has 0 radical (unpaired) electrons. The number of amides is 1. The van der Waals surface area contributed by atoms with E-state index in [9.17, 15) is 4.79 Å². The van der Waals surface area contributed by atoms with Crippen molar-refractivity contribution in [3.05, 3.63) is 53.3 Å². The Labute approximate surface area is 112 Å². The minimum atomic E-state index is -0.126. The van der Waals surface area contributed by atoms with Crippen molar-refractivity contribution in [1.82, 2.24) is 4.98 Å². The Balaban J connectivity index is 2.28. The summed E-state index contributed by atoms with van der Waals surface area (Å²) in [6.45, 7) is 3.91. The number of rotatable bonds is 3. The van der Waals surface area contributed by atoms with Gasteiger partial charge in [0.1, 0.15) is 0 Å². The van der Waals surface area contributed by atoms with E-state index in [0.717, 1.165) is 22.5 Å². The number of carbonyl (C=O) groups is 1. The predicted octanol–water partition coefficient (Wildman–Crippen LogP) is 2.99. The normalized spacial score (nSPS) is 10.1. The molecule has 0 saturated heterocycles. The zero-order chi connectivity index (χ0) is 13.8. The summed E-state index contributed by atoms with van der Waals surface area (Å²) in [5.41, 5.74) is 4.28. The minimum absolute atomic E-state index is 0.126. The van der Waals surface area contributed by atoms with E-state index in [-0.39, 0.29) is 5.91 Å². The molecule has 1 heterocycles. The summed E-state index contributed by atoms with van der Waals surface area (Å²) in [6.07, 6.45) is 3.39. The number of carbonyl (C=O) groups excluding carboxylic acids is 1. The molecule has 1 aromatic carbocycles. The fourth-order valence-electron chi connectivity index (χ4n) is 1.87. The third-order valence-corrected chi connectivity index (χ3v) is 2.96. The van der Waals surface area contributed by atoms with Crippen molar-refractivity contribution in [2.75, 3.05) is 17.7 Å². The number of benzene rings is 1. The van der Waals surface area contributed by atoms with Gasteiger partial charge < -0.3 is 10.6 Å². The Morgan fingerprint density at radius 3 is 2.63 bits per heavy atom. The van der Waals surface area contributed by atoms with Gasteiger partial charge in [0.2, 0.25) is 0 Å². The second kappa shape index (κ2) is 5.52. The number of nitrogens with zero attached hydrogens (tertiary/aromatic N) is 1. The van der Waals surface area contributed by atoms with Crippen molar-refractivity contribution in [3.8, 4) is 0 Å². The number of aryl methyl sites for hydroxylation is 2. The molecule has 19 heavy (non-hydrogen) atoms. The first-order chi connectivity index (χ1) is 9.11. The van der Waals surface area contributed by atoms with Gasteiger partial charge in [-0.1, -0.05) is 6.07 Å². The van der Waals surface area contributed by atoms with Gasteiger partial charge in [-0.2, -0.15) is 0 Å². The summed E-state index contributed by atoms with van der Waals surface area (Å²) < 4.78 is 0. The van der Waals surface area contributed by atoms with Crippen LogP contribution in [0.15, 0.2) is 36.7 Å². The predicted molar refractivity (Wildman–Crippen MR) is 77.7 cm³/mol. The molecule has 0 unspecified atom stereocenters. The lowest BCUT2D eigenvalue weighted by molar-refractivity contribution is 0.102. The summed E-state index contributed by atoms with van der Waals surface area (Å²) in [6, 6.07) is 7.50. The molecular weight excluding hydrogens is 238 g/mol.